The van der Waals surface area contributed by atoms with Gasteiger partial charge in [-0.05, 0) is 87.4 Å². The summed E-state index contributed by atoms with van der Waals surface area (Å²) in [7, 11) is 1.54. The molecular formula is C34H32Cl2N2O6S. The minimum absolute atomic E-state index is 0.0782. The molecule has 0 radical (unpaired) electrons. The van der Waals surface area contributed by atoms with Crippen LogP contribution in [0.1, 0.15) is 50.4 Å². The second-order valence-electron chi connectivity index (χ2n) is 10.5. The maximum Gasteiger partial charge on any atom is 0.338 e. The van der Waals surface area contributed by atoms with Crippen LogP contribution < -0.4 is 29.1 Å². The van der Waals surface area contributed by atoms with Crippen LogP contribution in [0.5, 0.6) is 17.2 Å². The molecule has 0 N–H and O–H groups in total. The van der Waals surface area contributed by atoms with Gasteiger partial charge in [0.05, 0.1) is 41.7 Å². The van der Waals surface area contributed by atoms with Gasteiger partial charge in [0.25, 0.3) is 5.56 Å². The van der Waals surface area contributed by atoms with Gasteiger partial charge >= 0.3 is 5.97 Å². The molecule has 8 nitrogen and oxygen atoms in total. The zero-order valence-electron chi connectivity index (χ0n) is 25.4. The van der Waals surface area contributed by atoms with Crippen molar-refractivity contribution in [2.45, 2.75) is 46.4 Å². The Morgan fingerprint density at radius 3 is 2.51 bits per heavy atom. The molecule has 45 heavy (non-hydrogen) atoms. The number of fused-ring (bicyclic) bond motifs is 1. The molecule has 0 spiro atoms. The van der Waals surface area contributed by atoms with Crippen LogP contribution in [0.25, 0.3) is 6.08 Å². The fourth-order valence-electron chi connectivity index (χ4n) is 5.01. The van der Waals surface area contributed by atoms with Crippen molar-refractivity contribution < 1.29 is 23.7 Å². The summed E-state index contributed by atoms with van der Waals surface area (Å²) in [6.07, 6.45) is 1.65. The topological polar surface area (TPSA) is 88.4 Å². The third-order valence-electron chi connectivity index (χ3n) is 6.92. The summed E-state index contributed by atoms with van der Waals surface area (Å²) < 4.78 is 25.0. The van der Waals surface area contributed by atoms with Crippen LogP contribution in [-0.2, 0) is 16.1 Å². The predicted molar refractivity (Wildman–Crippen MR) is 176 cm³/mol. The summed E-state index contributed by atoms with van der Waals surface area (Å²) in [4.78, 5) is 32.6. The average molecular weight is 668 g/mol. The van der Waals surface area contributed by atoms with Crippen molar-refractivity contribution in [2.24, 2.45) is 4.99 Å². The number of thiazole rings is 1. The van der Waals surface area contributed by atoms with E-state index < -0.39 is 12.0 Å². The molecule has 4 aromatic rings. The van der Waals surface area contributed by atoms with E-state index in [0.29, 0.717) is 53.5 Å². The number of rotatable bonds is 10. The molecule has 0 bridgehead atoms. The molecule has 0 saturated carbocycles. The number of halogens is 2. The van der Waals surface area contributed by atoms with E-state index in [1.54, 1.807) is 63.4 Å². The van der Waals surface area contributed by atoms with E-state index in [2.05, 4.69) is 4.99 Å². The molecule has 0 amide bonds. The predicted octanol–water partition coefficient (Wildman–Crippen LogP) is 6.48. The molecule has 0 fully saturated rings. The fraction of sp³-hybridized carbons (Fsp3) is 0.265. The van der Waals surface area contributed by atoms with Crippen molar-refractivity contribution in [1.29, 1.82) is 0 Å². The molecular weight excluding hydrogens is 635 g/mol. The Kier molecular flexibility index (Phi) is 10.0. The number of hydrogen-bond acceptors (Lipinski definition) is 8. The van der Waals surface area contributed by atoms with E-state index in [-0.39, 0.29) is 30.5 Å². The number of nitrogens with zero attached hydrogens (tertiary/aromatic N) is 2. The number of ether oxygens (including phenoxy) is 4. The van der Waals surface area contributed by atoms with E-state index >= 15 is 0 Å². The van der Waals surface area contributed by atoms with Crippen LogP contribution >= 0.6 is 34.5 Å². The molecule has 0 aliphatic carbocycles. The molecule has 3 aromatic carbocycles. The number of carbonyl (C=O) groups is 1. The van der Waals surface area contributed by atoms with Crippen LogP contribution in [-0.4, -0.2) is 30.4 Å². The minimum atomic E-state index is -0.817. The summed E-state index contributed by atoms with van der Waals surface area (Å²) in [5.41, 5.74) is 2.54. The lowest BCUT2D eigenvalue weighted by Crippen LogP contribution is -2.40. The maximum absolute atomic E-state index is 14.2. The van der Waals surface area contributed by atoms with E-state index in [0.717, 1.165) is 5.56 Å². The maximum atomic E-state index is 14.2. The van der Waals surface area contributed by atoms with Crippen molar-refractivity contribution >= 4 is 46.6 Å². The molecule has 11 heteroatoms. The smallest absolute Gasteiger partial charge is 0.338 e. The molecule has 0 unspecified atom stereocenters. The van der Waals surface area contributed by atoms with E-state index in [4.69, 9.17) is 42.1 Å². The number of benzene rings is 3. The summed E-state index contributed by atoms with van der Waals surface area (Å²) in [6.45, 7) is 7.75. The zero-order chi connectivity index (χ0) is 32.2. The Hall–Kier alpha value is -4.05. The first-order valence-corrected chi connectivity index (χ1v) is 15.9. The molecule has 1 aliphatic heterocycles. The largest absolute Gasteiger partial charge is 0.493 e. The number of carbonyl (C=O) groups excluding carboxylic acids is 1. The van der Waals surface area contributed by atoms with Crippen LogP contribution in [0, 0.1) is 0 Å². The van der Waals surface area contributed by atoms with E-state index in [1.807, 2.05) is 38.1 Å². The highest BCUT2D eigenvalue weighted by molar-refractivity contribution is 7.07. The molecule has 2 heterocycles. The zero-order valence-corrected chi connectivity index (χ0v) is 27.8. The Balaban J connectivity index is 1.64. The summed E-state index contributed by atoms with van der Waals surface area (Å²) in [5.74, 6) is 1.01. The molecule has 234 valence electrons. The highest BCUT2D eigenvalue weighted by atomic mass is 35.5. The van der Waals surface area contributed by atoms with Gasteiger partial charge in [0, 0.05) is 15.6 Å². The third kappa shape index (κ3) is 7.11. The Bertz CT molecular complexity index is 1960. The number of hydrogen-bond donors (Lipinski definition) is 0. The first kappa shape index (κ1) is 32.3. The number of esters is 1. The van der Waals surface area contributed by atoms with Gasteiger partial charge in [-0.25, -0.2) is 9.79 Å². The van der Waals surface area contributed by atoms with Crippen molar-refractivity contribution in [2.75, 3.05) is 13.7 Å². The minimum Gasteiger partial charge on any atom is -0.493 e. The monoisotopic (exact) mass is 666 g/mol. The van der Waals surface area contributed by atoms with Crippen molar-refractivity contribution in [3.8, 4) is 17.2 Å². The van der Waals surface area contributed by atoms with E-state index in [1.165, 1.54) is 15.9 Å². The standard InChI is InChI=1S/C34H32Cl2N2O6S/c1-6-42-33(40)30-20(4)37-34-38(31(30)22-10-12-27(44-19(2)3)28(16-22)41-5)32(39)29(45-34)17-23-15-25(36)11-13-26(23)43-18-21-8-7-9-24(35)14-21/h7-17,19,31H,6,18H2,1-5H3/b29-17+/t31-/m1/s1. The SMILES string of the molecule is CCOC(=O)C1=C(C)N=c2s/c(=C/c3cc(Cl)ccc3OCc3cccc(Cl)c3)c(=O)n2[C@@H]1c1ccc(OC(C)C)c(OC)c1. The second-order valence-corrected chi connectivity index (χ2v) is 12.4. The van der Waals surface area contributed by atoms with Gasteiger partial charge in [0.15, 0.2) is 16.3 Å². The highest BCUT2D eigenvalue weighted by Gasteiger charge is 2.34. The first-order chi connectivity index (χ1) is 21.6. The van der Waals surface area contributed by atoms with Crippen molar-refractivity contribution in [3.63, 3.8) is 0 Å². The van der Waals surface area contributed by atoms with Gasteiger partial charge in [-0.15, -0.1) is 0 Å². The van der Waals surface area contributed by atoms with Crippen LogP contribution in [0.4, 0.5) is 0 Å². The summed E-state index contributed by atoms with van der Waals surface area (Å²) in [5, 5.41) is 1.10. The van der Waals surface area contributed by atoms with Gasteiger partial charge in [-0.3, -0.25) is 9.36 Å². The van der Waals surface area contributed by atoms with Gasteiger partial charge in [0.1, 0.15) is 12.4 Å². The lowest BCUT2D eigenvalue weighted by Gasteiger charge is -2.25. The summed E-state index contributed by atoms with van der Waals surface area (Å²) in [6, 6.07) is 17.2. The third-order valence-corrected chi connectivity index (χ3v) is 8.38. The van der Waals surface area contributed by atoms with Crippen molar-refractivity contribution in [1.82, 2.24) is 4.57 Å². The van der Waals surface area contributed by atoms with Gasteiger partial charge < -0.3 is 18.9 Å². The van der Waals surface area contributed by atoms with E-state index in [9.17, 15) is 9.59 Å². The normalized spacial score (nSPS) is 14.7. The summed E-state index contributed by atoms with van der Waals surface area (Å²) >= 11 is 13.7. The number of allylic oxidation sites excluding steroid dienone is 1. The van der Waals surface area contributed by atoms with Crippen LogP contribution in [0.15, 0.2) is 81.7 Å². The molecule has 1 aromatic heterocycles. The molecule has 5 rings (SSSR count). The van der Waals surface area contributed by atoms with Crippen LogP contribution in [0.3, 0.4) is 0 Å². The Labute approximate surface area is 274 Å². The average Bonchev–Trinajstić information content (AvgIpc) is 3.30. The van der Waals surface area contributed by atoms with Gasteiger partial charge in [-0.1, -0.05) is 52.7 Å². The lowest BCUT2D eigenvalue weighted by molar-refractivity contribution is -0.139. The van der Waals surface area contributed by atoms with Gasteiger partial charge in [-0.2, -0.15) is 0 Å². The molecule has 1 aliphatic rings. The highest BCUT2D eigenvalue weighted by Crippen LogP contribution is 2.36. The Morgan fingerprint density at radius 2 is 1.80 bits per heavy atom. The quantitative estimate of drug-likeness (QED) is 0.180. The number of aromatic nitrogens is 1. The Morgan fingerprint density at radius 1 is 1.04 bits per heavy atom. The number of methoxy groups -OCH3 is 1. The first-order valence-electron chi connectivity index (χ1n) is 14.3. The van der Waals surface area contributed by atoms with Crippen molar-refractivity contribution in [3.05, 3.63) is 118 Å². The fourth-order valence-corrected chi connectivity index (χ4v) is 6.44. The van der Waals surface area contributed by atoms with Crippen LogP contribution in [0.2, 0.25) is 10.0 Å². The second kappa shape index (κ2) is 13.9. The molecule has 0 saturated heterocycles. The lowest BCUT2D eigenvalue weighted by atomic mass is 9.95. The van der Waals surface area contributed by atoms with Gasteiger partial charge in [0.2, 0.25) is 0 Å². The molecule has 1 atom stereocenters.